The van der Waals surface area contributed by atoms with E-state index in [9.17, 15) is 0 Å². The van der Waals surface area contributed by atoms with Gasteiger partial charge in [-0.1, -0.05) is 23.7 Å². The molecule has 0 atom stereocenters. The van der Waals surface area contributed by atoms with E-state index in [0.717, 1.165) is 5.56 Å². The van der Waals surface area contributed by atoms with Gasteiger partial charge in [-0.25, -0.2) is 0 Å². The Hall–Kier alpha value is -1.06. The summed E-state index contributed by atoms with van der Waals surface area (Å²) in [5, 5.41) is 7.63. The van der Waals surface area contributed by atoms with Crippen LogP contribution in [0.3, 0.4) is 0 Å². The van der Waals surface area contributed by atoms with Crippen LogP contribution in [0.25, 0.3) is 0 Å². The smallest absolute Gasteiger partial charge is 0.117 e. The highest BCUT2D eigenvalue weighted by molar-refractivity contribution is 6.30. The van der Waals surface area contributed by atoms with Crippen LogP contribution in [0, 0.1) is 5.41 Å². The molecule has 0 amide bonds. The Morgan fingerprint density at radius 3 is 2.54 bits per heavy atom. The average molecular weight is 199 g/mol. The van der Waals surface area contributed by atoms with Crippen LogP contribution in [-0.2, 0) is 11.3 Å². The summed E-state index contributed by atoms with van der Waals surface area (Å²) in [4.78, 5) is 0. The second kappa shape index (κ2) is 4.84. The van der Waals surface area contributed by atoms with E-state index < -0.39 is 0 Å². The molecule has 0 bridgehead atoms. The fourth-order valence-corrected chi connectivity index (χ4v) is 0.985. The minimum absolute atomic E-state index is 0.0361. The van der Waals surface area contributed by atoms with Gasteiger partial charge in [-0.2, -0.15) is 0 Å². The lowest BCUT2D eigenvalue weighted by atomic mass is 10.2. The van der Waals surface area contributed by atoms with Crippen molar-refractivity contribution in [2.75, 3.05) is 6.61 Å². The van der Waals surface area contributed by atoms with Crippen LogP contribution in [-0.4, -0.2) is 12.4 Å². The second-order valence-corrected chi connectivity index (χ2v) is 3.08. The van der Waals surface area contributed by atoms with Gasteiger partial charge in [0.2, 0.25) is 0 Å². The normalized spacial score (nSPS) is 9.92. The molecule has 1 aromatic carbocycles. The van der Waals surface area contributed by atoms with E-state index in [1.54, 1.807) is 12.1 Å². The van der Waals surface area contributed by atoms with E-state index in [-0.39, 0.29) is 12.4 Å². The summed E-state index contributed by atoms with van der Waals surface area (Å²) in [5.74, 6) is 0.0361. The molecule has 0 unspecified atom stereocenters. The molecule has 3 nitrogen and oxygen atoms in total. The molecule has 0 aliphatic heterocycles. The quantitative estimate of drug-likeness (QED) is 0.573. The summed E-state index contributed by atoms with van der Waals surface area (Å²) in [6.45, 7) is 0.624. The van der Waals surface area contributed by atoms with Gasteiger partial charge in [-0.15, -0.1) is 0 Å². The van der Waals surface area contributed by atoms with Crippen LogP contribution in [0.5, 0.6) is 0 Å². The molecule has 4 heteroatoms. The Labute approximate surface area is 82.0 Å². The van der Waals surface area contributed by atoms with Crippen molar-refractivity contribution < 1.29 is 4.74 Å². The van der Waals surface area contributed by atoms with Crippen molar-refractivity contribution in [3.8, 4) is 0 Å². The highest BCUT2D eigenvalue weighted by Gasteiger charge is 1.94. The van der Waals surface area contributed by atoms with Crippen molar-refractivity contribution in [1.29, 1.82) is 5.41 Å². The van der Waals surface area contributed by atoms with Gasteiger partial charge in [-0.05, 0) is 17.7 Å². The molecular weight excluding hydrogens is 188 g/mol. The number of hydrogen-bond donors (Lipinski definition) is 2. The van der Waals surface area contributed by atoms with E-state index in [1.807, 2.05) is 12.1 Å². The predicted molar refractivity (Wildman–Crippen MR) is 53.0 cm³/mol. The molecule has 0 heterocycles. The number of hydrogen-bond acceptors (Lipinski definition) is 2. The molecule has 13 heavy (non-hydrogen) atoms. The first-order valence-electron chi connectivity index (χ1n) is 3.83. The van der Waals surface area contributed by atoms with Crippen molar-refractivity contribution >= 4 is 17.4 Å². The molecule has 0 aromatic heterocycles. The summed E-state index contributed by atoms with van der Waals surface area (Å²) in [5.41, 5.74) is 6.14. The van der Waals surface area contributed by atoms with Crippen LogP contribution < -0.4 is 5.73 Å². The summed E-state index contributed by atoms with van der Waals surface area (Å²) in [6, 6.07) is 7.35. The van der Waals surface area contributed by atoms with Gasteiger partial charge >= 0.3 is 0 Å². The van der Waals surface area contributed by atoms with Gasteiger partial charge in [0.1, 0.15) is 12.4 Å². The van der Waals surface area contributed by atoms with Crippen LogP contribution in [0.15, 0.2) is 24.3 Å². The largest absolute Gasteiger partial charge is 0.386 e. The van der Waals surface area contributed by atoms with Gasteiger partial charge < -0.3 is 10.5 Å². The zero-order valence-corrected chi connectivity index (χ0v) is 7.84. The van der Waals surface area contributed by atoms with Gasteiger partial charge in [0.25, 0.3) is 0 Å². The molecule has 0 radical (unpaired) electrons. The number of nitrogens with two attached hydrogens (primary N) is 1. The first kappa shape index (κ1) is 10.0. The third-order valence-corrected chi connectivity index (χ3v) is 1.69. The number of ether oxygens (including phenoxy) is 1. The Morgan fingerprint density at radius 2 is 2.00 bits per heavy atom. The summed E-state index contributed by atoms with van der Waals surface area (Å²) < 4.78 is 5.13. The number of benzene rings is 1. The standard InChI is InChI=1S/C9H11ClN2O/c10-8-3-1-7(2-4-8)5-13-6-9(11)12/h1-4H,5-6H2,(H3,11,12). The van der Waals surface area contributed by atoms with Gasteiger partial charge in [0, 0.05) is 5.02 Å². The predicted octanol–water partition coefficient (Wildman–Crippen LogP) is 1.79. The average Bonchev–Trinajstić information content (AvgIpc) is 2.08. The van der Waals surface area contributed by atoms with Crippen LogP contribution >= 0.6 is 11.6 Å². The fourth-order valence-electron chi connectivity index (χ4n) is 0.859. The van der Waals surface area contributed by atoms with E-state index in [1.165, 1.54) is 0 Å². The minimum atomic E-state index is 0.0361. The third kappa shape index (κ3) is 3.92. The maximum absolute atomic E-state index is 6.93. The molecule has 0 aliphatic carbocycles. The van der Waals surface area contributed by atoms with Crippen molar-refractivity contribution in [1.82, 2.24) is 0 Å². The summed E-state index contributed by atoms with van der Waals surface area (Å²) in [6.07, 6.45) is 0. The number of nitrogens with one attached hydrogen (secondary N) is 1. The van der Waals surface area contributed by atoms with Crippen LogP contribution in [0.2, 0.25) is 5.02 Å². The lowest BCUT2D eigenvalue weighted by Crippen LogP contribution is -2.16. The molecule has 0 saturated heterocycles. The third-order valence-electron chi connectivity index (χ3n) is 1.44. The Kier molecular flexibility index (Phi) is 3.73. The Balaban J connectivity index is 2.37. The van der Waals surface area contributed by atoms with E-state index in [2.05, 4.69) is 0 Å². The second-order valence-electron chi connectivity index (χ2n) is 2.64. The van der Waals surface area contributed by atoms with E-state index in [0.29, 0.717) is 11.6 Å². The zero-order valence-electron chi connectivity index (χ0n) is 7.09. The highest BCUT2D eigenvalue weighted by atomic mass is 35.5. The first-order valence-corrected chi connectivity index (χ1v) is 4.21. The van der Waals surface area contributed by atoms with Crippen LogP contribution in [0.1, 0.15) is 5.56 Å². The maximum Gasteiger partial charge on any atom is 0.117 e. The molecule has 1 rings (SSSR count). The fraction of sp³-hybridized carbons (Fsp3) is 0.222. The number of amidine groups is 1. The molecule has 0 saturated carbocycles. The van der Waals surface area contributed by atoms with E-state index >= 15 is 0 Å². The Bertz CT molecular complexity index is 284. The Morgan fingerprint density at radius 1 is 1.38 bits per heavy atom. The first-order chi connectivity index (χ1) is 6.18. The lowest BCUT2D eigenvalue weighted by Gasteiger charge is -2.02. The molecule has 1 aromatic rings. The molecule has 70 valence electrons. The van der Waals surface area contributed by atoms with Crippen LogP contribution in [0.4, 0.5) is 0 Å². The summed E-state index contributed by atoms with van der Waals surface area (Å²) >= 11 is 5.70. The molecule has 0 fully saturated rings. The van der Waals surface area contributed by atoms with Gasteiger partial charge in [0.15, 0.2) is 0 Å². The van der Waals surface area contributed by atoms with Gasteiger partial charge in [0.05, 0.1) is 6.61 Å². The maximum atomic E-state index is 6.93. The van der Waals surface area contributed by atoms with Crippen molar-refractivity contribution in [2.24, 2.45) is 5.73 Å². The monoisotopic (exact) mass is 198 g/mol. The number of halogens is 1. The van der Waals surface area contributed by atoms with Crippen molar-refractivity contribution in [3.63, 3.8) is 0 Å². The minimum Gasteiger partial charge on any atom is -0.386 e. The summed E-state index contributed by atoms with van der Waals surface area (Å²) in [7, 11) is 0. The topological polar surface area (TPSA) is 59.1 Å². The SMILES string of the molecule is N=C(N)COCc1ccc(Cl)cc1. The van der Waals surface area contributed by atoms with E-state index in [4.69, 9.17) is 27.5 Å². The molecule has 0 spiro atoms. The lowest BCUT2D eigenvalue weighted by molar-refractivity contribution is 0.157. The molecule has 3 N–H and O–H groups in total. The van der Waals surface area contributed by atoms with Crippen molar-refractivity contribution in [2.45, 2.75) is 6.61 Å². The zero-order chi connectivity index (χ0) is 9.68. The molecular formula is C9H11ClN2O. The highest BCUT2D eigenvalue weighted by Crippen LogP contribution is 2.09. The molecule has 0 aliphatic rings. The van der Waals surface area contributed by atoms with Crippen molar-refractivity contribution in [3.05, 3.63) is 34.9 Å². The van der Waals surface area contributed by atoms with Gasteiger partial charge in [-0.3, -0.25) is 5.41 Å². The number of rotatable bonds is 4.